The summed E-state index contributed by atoms with van der Waals surface area (Å²) in [4.78, 5) is 40.3. The molecule has 0 spiro atoms. The molecule has 8 heteroatoms. The molecule has 0 radical (unpaired) electrons. The molecule has 1 atom stereocenters. The van der Waals surface area contributed by atoms with Crippen molar-refractivity contribution >= 4 is 17.6 Å². The van der Waals surface area contributed by atoms with Gasteiger partial charge in [-0.3, -0.25) is 9.59 Å². The largest absolute Gasteiger partial charge is 0.351 e. The monoisotopic (exact) mass is 396 g/mol. The Hall–Kier alpha value is -2.69. The molecule has 0 unspecified atom stereocenters. The van der Waals surface area contributed by atoms with Gasteiger partial charge in [-0.15, -0.1) is 0 Å². The second-order valence-electron chi connectivity index (χ2n) is 8.18. The summed E-state index contributed by atoms with van der Waals surface area (Å²) in [6.07, 6.45) is 10.2. The van der Waals surface area contributed by atoms with E-state index in [1.54, 1.807) is 6.20 Å². The van der Waals surface area contributed by atoms with E-state index in [4.69, 9.17) is 0 Å². The first kappa shape index (κ1) is 19.6. The normalized spacial score (nSPS) is 23.1. The van der Waals surface area contributed by atoms with Crippen molar-refractivity contribution in [3.05, 3.63) is 18.1 Å². The number of nitriles is 1. The first-order valence-corrected chi connectivity index (χ1v) is 10.7. The van der Waals surface area contributed by atoms with Crippen LogP contribution in [0.25, 0.3) is 0 Å². The van der Waals surface area contributed by atoms with Crippen molar-refractivity contribution in [2.45, 2.75) is 51.0 Å². The third-order valence-corrected chi connectivity index (χ3v) is 6.45. The van der Waals surface area contributed by atoms with Gasteiger partial charge in [0, 0.05) is 51.0 Å². The quantitative estimate of drug-likeness (QED) is 0.770. The standard InChI is InChI=1S/C21H28N6O2/c22-15-17-19(24-9-8-23-17)25-11-13-26(14-12-25)21(29)18-7-4-10-27(18)20(28)16-5-2-1-3-6-16/h8-9,16,18H,1-7,10-14H2/t18-/m1/s1. The zero-order valence-electron chi connectivity index (χ0n) is 16.8. The Morgan fingerprint density at radius 3 is 2.34 bits per heavy atom. The van der Waals surface area contributed by atoms with Gasteiger partial charge in [0.1, 0.15) is 12.1 Å². The molecule has 0 bridgehead atoms. The molecule has 1 aromatic rings. The predicted octanol–water partition coefficient (Wildman–Crippen LogP) is 1.57. The summed E-state index contributed by atoms with van der Waals surface area (Å²) in [5, 5.41) is 9.24. The molecule has 154 valence electrons. The van der Waals surface area contributed by atoms with Gasteiger partial charge in [0.05, 0.1) is 0 Å². The van der Waals surface area contributed by atoms with Crippen molar-refractivity contribution in [2.75, 3.05) is 37.6 Å². The smallest absolute Gasteiger partial charge is 0.245 e. The number of anilines is 1. The van der Waals surface area contributed by atoms with E-state index in [1.807, 2.05) is 14.7 Å². The first-order valence-electron chi connectivity index (χ1n) is 10.7. The molecule has 0 aromatic carbocycles. The molecule has 1 saturated carbocycles. The molecule has 3 heterocycles. The lowest BCUT2D eigenvalue weighted by Gasteiger charge is -2.38. The number of hydrogen-bond acceptors (Lipinski definition) is 6. The van der Waals surface area contributed by atoms with Gasteiger partial charge in [-0.1, -0.05) is 19.3 Å². The van der Waals surface area contributed by atoms with Crippen molar-refractivity contribution in [1.29, 1.82) is 5.26 Å². The lowest BCUT2D eigenvalue weighted by Crippen LogP contribution is -2.55. The Morgan fingerprint density at radius 2 is 1.62 bits per heavy atom. The highest BCUT2D eigenvalue weighted by Gasteiger charge is 2.39. The number of rotatable bonds is 3. The minimum absolute atomic E-state index is 0.0750. The maximum absolute atomic E-state index is 13.2. The highest BCUT2D eigenvalue weighted by molar-refractivity contribution is 5.89. The van der Waals surface area contributed by atoms with Crippen molar-refractivity contribution in [1.82, 2.24) is 19.8 Å². The van der Waals surface area contributed by atoms with Gasteiger partial charge in [0.15, 0.2) is 11.5 Å². The van der Waals surface area contributed by atoms with Crippen LogP contribution in [0.15, 0.2) is 12.4 Å². The average molecular weight is 396 g/mol. The number of carbonyl (C=O) groups is 2. The van der Waals surface area contributed by atoms with Crippen molar-refractivity contribution < 1.29 is 9.59 Å². The molecule has 3 aliphatic rings. The fraction of sp³-hybridized carbons (Fsp3) is 0.667. The number of carbonyl (C=O) groups excluding carboxylic acids is 2. The lowest BCUT2D eigenvalue weighted by atomic mass is 9.88. The van der Waals surface area contributed by atoms with Gasteiger partial charge >= 0.3 is 0 Å². The van der Waals surface area contributed by atoms with Gasteiger partial charge < -0.3 is 14.7 Å². The van der Waals surface area contributed by atoms with Gasteiger partial charge in [0.25, 0.3) is 0 Å². The molecule has 1 aromatic heterocycles. The number of amides is 2. The molecule has 2 aliphatic heterocycles. The van der Waals surface area contributed by atoms with Crippen LogP contribution in [0.1, 0.15) is 50.6 Å². The van der Waals surface area contributed by atoms with E-state index < -0.39 is 0 Å². The molecule has 4 rings (SSSR count). The van der Waals surface area contributed by atoms with Crippen LogP contribution in [-0.4, -0.2) is 70.3 Å². The van der Waals surface area contributed by atoms with E-state index in [9.17, 15) is 14.9 Å². The molecule has 3 fully saturated rings. The Morgan fingerprint density at radius 1 is 0.897 bits per heavy atom. The second kappa shape index (κ2) is 8.76. The van der Waals surface area contributed by atoms with Crippen molar-refractivity contribution in [3.63, 3.8) is 0 Å². The zero-order valence-corrected chi connectivity index (χ0v) is 16.8. The molecule has 0 N–H and O–H groups in total. The number of hydrogen-bond donors (Lipinski definition) is 0. The SMILES string of the molecule is N#Cc1nccnc1N1CCN(C(=O)[C@H]2CCCN2C(=O)C2CCCCC2)CC1. The summed E-state index contributed by atoms with van der Waals surface area (Å²) in [6, 6.07) is 1.78. The van der Waals surface area contributed by atoms with Crippen LogP contribution in [0.2, 0.25) is 0 Å². The van der Waals surface area contributed by atoms with Gasteiger partial charge in [-0.05, 0) is 25.7 Å². The van der Waals surface area contributed by atoms with Crippen LogP contribution < -0.4 is 4.90 Å². The fourth-order valence-electron chi connectivity index (χ4n) is 4.86. The van der Waals surface area contributed by atoms with E-state index in [1.165, 1.54) is 12.6 Å². The number of piperazine rings is 1. The number of aromatic nitrogens is 2. The van der Waals surface area contributed by atoms with Gasteiger partial charge in [0.2, 0.25) is 11.8 Å². The van der Waals surface area contributed by atoms with Gasteiger partial charge in [-0.2, -0.15) is 5.26 Å². The summed E-state index contributed by atoms with van der Waals surface area (Å²) >= 11 is 0. The molecule has 29 heavy (non-hydrogen) atoms. The summed E-state index contributed by atoms with van der Waals surface area (Å²) in [6.45, 7) is 3.08. The summed E-state index contributed by atoms with van der Waals surface area (Å²) in [7, 11) is 0. The fourth-order valence-corrected chi connectivity index (χ4v) is 4.86. The topological polar surface area (TPSA) is 93.4 Å². The zero-order chi connectivity index (χ0) is 20.2. The van der Waals surface area contributed by atoms with Crippen LogP contribution in [0.4, 0.5) is 5.82 Å². The van der Waals surface area contributed by atoms with Crippen LogP contribution in [0, 0.1) is 17.2 Å². The maximum atomic E-state index is 13.2. The van der Waals surface area contributed by atoms with E-state index >= 15 is 0 Å². The molecule has 1 aliphatic carbocycles. The first-order chi connectivity index (χ1) is 14.2. The maximum Gasteiger partial charge on any atom is 0.245 e. The summed E-state index contributed by atoms with van der Waals surface area (Å²) in [5.41, 5.74) is 0.312. The van der Waals surface area contributed by atoms with Crippen molar-refractivity contribution in [2.24, 2.45) is 5.92 Å². The van der Waals surface area contributed by atoms with E-state index in [0.29, 0.717) is 44.2 Å². The van der Waals surface area contributed by atoms with Crippen LogP contribution in [-0.2, 0) is 9.59 Å². The third kappa shape index (κ3) is 4.04. The predicted molar refractivity (Wildman–Crippen MR) is 107 cm³/mol. The van der Waals surface area contributed by atoms with E-state index in [-0.39, 0.29) is 23.8 Å². The van der Waals surface area contributed by atoms with E-state index in [2.05, 4.69) is 16.0 Å². The Balaban J connectivity index is 1.37. The third-order valence-electron chi connectivity index (χ3n) is 6.45. The summed E-state index contributed by atoms with van der Waals surface area (Å²) < 4.78 is 0. The van der Waals surface area contributed by atoms with E-state index in [0.717, 1.165) is 38.5 Å². The Bertz CT molecular complexity index is 793. The molecule has 2 saturated heterocycles. The van der Waals surface area contributed by atoms with Crippen molar-refractivity contribution in [3.8, 4) is 6.07 Å². The van der Waals surface area contributed by atoms with Crippen LogP contribution >= 0.6 is 0 Å². The highest BCUT2D eigenvalue weighted by Crippen LogP contribution is 2.29. The Labute approximate surface area is 171 Å². The number of likely N-dealkylation sites (tertiary alicyclic amines) is 1. The second-order valence-corrected chi connectivity index (χ2v) is 8.18. The minimum Gasteiger partial charge on any atom is -0.351 e. The average Bonchev–Trinajstić information content (AvgIpc) is 3.28. The van der Waals surface area contributed by atoms with Crippen LogP contribution in [0.3, 0.4) is 0 Å². The summed E-state index contributed by atoms with van der Waals surface area (Å²) in [5.74, 6) is 0.954. The highest BCUT2D eigenvalue weighted by atomic mass is 16.2. The molecule has 8 nitrogen and oxygen atoms in total. The lowest BCUT2D eigenvalue weighted by molar-refractivity contribution is -0.146. The number of nitrogens with zero attached hydrogens (tertiary/aromatic N) is 6. The minimum atomic E-state index is -0.304. The van der Waals surface area contributed by atoms with Gasteiger partial charge in [-0.25, -0.2) is 9.97 Å². The molecular weight excluding hydrogens is 368 g/mol. The van der Waals surface area contributed by atoms with Crippen LogP contribution in [0.5, 0.6) is 0 Å². The molecule has 2 amide bonds. The Kier molecular flexibility index (Phi) is 5.93. The molecular formula is C21H28N6O2.